The predicted octanol–water partition coefficient (Wildman–Crippen LogP) is 0.761. The smallest absolute Gasteiger partial charge is 0.326 e. The number of aliphatic carboxylic acids is 1. The topological polar surface area (TPSA) is 106 Å². The lowest BCUT2D eigenvalue weighted by molar-refractivity contribution is -0.149. The molecule has 0 aromatic carbocycles. The lowest BCUT2D eigenvalue weighted by Gasteiger charge is -2.26. The SMILES string of the molecule is CC(=O)N(C1CC1)C(CN=[N+]=[N-])C(=O)O. The molecule has 0 heterocycles. The van der Waals surface area contributed by atoms with Gasteiger partial charge in [-0.15, -0.1) is 0 Å². The molecular formula is C8H12N4O3. The van der Waals surface area contributed by atoms with Crippen LogP contribution in [0.1, 0.15) is 19.8 Å². The number of carboxylic acid groups (broad SMARTS) is 1. The second-order valence-electron chi connectivity index (χ2n) is 3.42. The Morgan fingerprint density at radius 1 is 1.67 bits per heavy atom. The highest BCUT2D eigenvalue weighted by Gasteiger charge is 2.38. The summed E-state index contributed by atoms with van der Waals surface area (Å²) in [6.45, 7) is 1.10. The van der Waals surface area contributed by atoms with Gasteiger partial charge in [0, 0.05) is 17.9 Å². The zero-order valence-corrected chi connectivity index (χ0v) is 8.33. The molecule has 0 bridgehead atoms. The molecule has 1 atom stereocenters. The zero-order valence-electron chi connectivity index (χ0n) is 8.33. The summed E-state index contributed by atoms with van der Waals surface area (Å²) in [6.07, 6.45) is 1.64. The van der Waals surface area contributed by atoms with Gasteiger partial charge in [0.2, 0.25) is 5.91 Å². The summed E-state index contributed by atoms with van der Waals surface area (Å²) in [4.78, 5) is 26.0. The molecule has 1 unspecified atom stereocenters. The number of carbonyl (C=O) groups is 2. The molecule has 0 aromatic rings. The van der Waals surface area contributed by atoms with Gasteiger partial charge in [0.25, 0.3) is 0 Å². The van der Waals surface area contributed by atoms with Crippen molar-refractivity contribution in [1.82, 2.24) is 4.90 Å². The van der Waals surface area contributed by atoms with Gasteiger partial charge in [-0.05, 0) is 18.4 Å². The molecule has 1 rings (SSSR count). The monoisotopic (exact) mass is 212 g/mol. The van der Waals surface area contributed by atoms with E-state index in [1.165, 1.54) is 11.8 Å². The molecule has 1 aliphatic rings. The van der Waals surface area contributed by atoms with Crippen LogP contribution in [0.2, 0.25) is 0 Å². The third kappa shape index (κ3) is 2.85. The molecule has 0 radical (unpaired) electrons. The van der Waals surface area contributed by atoms with Crippen LogP contribution >= 0.6 is 0 Å². The number of hydrogen-bond donors (Lipinski definition) is 1. The highest BCUT2D eigenvalue weighted by molar-refractivity contribution is 5.83. The van der Waals surface area contributed by atoms with Crippen molar-refractivity contribution < 1.29 is 14.7 Å². The Bertz CT molecular complexity index is 320. The number of hydrogen-bond acceptors (Lipinski definition) is 3. The minimum atomic E-state index is -1.13. The van der Waals surface area contributed by atoms with Gasteiger partial charge in [-0.3, -0.25) is 4.79 Å². The Labute approximate surface area is 86.3 Å². The van der Waals surface area contributed by atoms with E-state index in [1.54, 1.807) is 0 Å². The van der Waals surface area contributed by atoms with Crippen molar-refractivity contribution in [2.24, 2.45) is 5.11 Å². The highest BCUT2D eigenvalue weighted by Crippen LogP contribution is 2.28. The molecule has 0 saturated heterocycles. The maximum Gasteiger partial charge on any atom is 0.326 e. The van der Waals surface area contributed by atoms with Gasteiger partial charge in [0.1, 0.15) is 6.04 Å². The normalized spacial score (nSPS) is 16.3. The minimum Gasteiger partial charge on any atom is -0.480 e. The second kappa shape index (κ2) is 4.65. The van der Waals surface area contributed by atoms with Gasteiger partial charge in [0.15, 0.2) is 0 Å². The maximum atomic E-state index is 11.3. The first-order valence-electron chi connectivity index (χ1n) is 4.60. The van der Waals surface area contributed by atoms with Crippen molar-refractivity contribution in [2.45, 2.75) is 31.8 Å². The van der Waals surface area contributed by atoms with Gasteiger partial charge < -0.3 is 10.0 Å². The van der Waals surface area contributed by atoms with Crippen molar-refractivity contribution >= 4 is 11.9 Å². The van der Waals surface area contributed by atoms with E-state index in [9.17, 15) is 9.59 Å². The fourth-order valence-corrected chi connectivity index (χ4v) is 1.48. The predicted molar refractivity (Wildman–Crippen MR) is 51.0 cm³/mol. The van der Waals surface area contributed by atoms with Crippen LogP contribution in [-0.2, 0) is 9.59 Å². The summed E-state index contributed by atoms with van der Waals surface area (Å²) < 4.78 is 0. The van der Waals surface area contributed by atoms with Crippen LogP contribution in [0.15, 0.2) is 5.11 Å². The molecule has 0 aromatic heterocycles. The van der Waals surface area contributed by atoms with Crippen LogP contribution in [0.3, 0.4) is 0 Å². The number of amides is 1. The maximum absolute atomic E-state index is 11.3. The Hall–Kier alpha value is -1.75. The van der Waals surface area contributed by atoms with E-state index >= 15 is 0 Å². The standard InChI is InChI=1S/C8H12N4O3/c1-5(13)12(6-2-3-6)7(8(14)15)4-10-11-9/h6-7H,2-4H2,1H3,(H,14,15). The van der Waals surface area contributed by atoms with E-state index in [0.29, 0.717) is 0 Å². The summed E-state index contributed by atoms with van der Waals surface area (Å²) in [7, 11) is 0. The Balaban J connectivity index is 2.78. The Kier molecular flexibility index (Phi) is 3.51. The fourth-order valence-electron chi connectivity index (χ4n) is 1.48. The van der Waals surface area contributed by atoms with Crippen molar-refractivity contribution in [3.8, 4) is 0 Å². The van der Waals surface area contributed by atoms with Crippen molar-refractivity contribution in [2.75, 3.05) is 6.54 Å². The molecule has 1 amide bonds. The van der Waals surface area contributed by atoms with Crippen LogP contribution in [0.5, 0.6) is 0 Å². The van der Waals surface area contributed by atoms with Crippen LogP contribution < -0.4 is 0 Å². The fraction of sp³-hybridized carbons (Fsp3) is 0.750. The van der Waals surface area contributed by atoms with Crippen molar-refractivity contribution in [3.05, 3.63) is 10.4 Å². The summed E-state index contributed by atoms with van der Waals surface area (Å²) >= 11 is 0. The highest BCUT2D eigenvalue weighted by atomic mass is 16.4. The van der Waals surface area contributed by atoms with Crippen molar-refractivity contribution in [3.63, 3.8) is 0 Å². The molecule has 15 heavy (non-hydrogen) atoms. The summed E-state index contributed by atoms with van der Waals surface area (Å²) in [5, 5.41) is 12.1. The van der Waals surface area contributed by atoms with Gasteiger partial charge in [0.05, 0.1) is 6.54 Å². The number of carbonyl (C=O) groups excluding carboxylic acids is 1. The van der Waals surface area contributed by atoms with E-state index in [2.05, 4.69) is 10.0 Å². The largest absolute Gasteiger partial charge is 0.480 e. The first-order chi connectivity index (χ1) is 7.07. The van der Waals surface area contributed by atoms with E-state index in [-0.39, 0.29) is 18.5 Å². The Morgan fingerprint density at radius 2 is 2.27 bits per heavy atom. The lowest BCUT2D eigenvalue weighted by atomic mass is 10.2. The van der Waals surface area contributed by atoms with Gasteiger partial charge >= 0.3 is 5.97 Å². The second-order valence-corrected chi connectivity index (χ2v) is 3.42. The number of nitrogens with zero attached hydrogens (tertiary/aromatic N) is 4. The van der Waals surface area contributed by atoms with Gasteiger partial charge in [-0.1, -0.05) is 5.11 Å². The summed E-state index contributed by atoms with van der Waals surface area (Å²) in [6, 6.07) is -1.04. The van der Waals surface area contributed by atoms with Crippen LogP contribution in [-0.4, -0.2) is 40.5 Å². The molecule has 1 saturated carbocycles. The number of carboxylic acids is 1. The first kappa shape index (κ1) is 11.3. The minimum absolute atomic E-state index is 0.00232. The molecule has 1 aliphatic carbocycles. The van der Waals surface area contributed by atoms with Gasteiger partial charge in [-0.25, -0.2) is 4.79 Å². The quantitative estimate of drug-likeness (QED) is 0.413. The van der Waals surface area contributed by atoms with E-state index < -0.39 is 12.0 Å². The molecule has 7 heteroatoms. The first-order valence-corrected chi connectivity index (χ1v) is 4.60. The molecule has 0 spiro atoms. The molecule has 82 valence electrons. The summed E-state index contributed by atoms with van der Waals surface area (Å²) in [5.74, 6) is -1.43. The molecule has 0 aliphatic heterocycles. The average Bonchev–Trinajstić information content (AvgIpc) is 2.94. The average molecular weight is 212 g/mol. The lowest BCUT2D eigenvalue weighted by Crippen LogP contribution is -2.47. The third-order valence-electron chi connectivity index (χ3n) is 2.24. The summed E-state index contributed by atoms with van der Waals surface area (Å²) in [5.41, 5.74) is 8.13. The molecular weight excluding hydrogens is 200 g/mol. The Morgan fingerprint density at radius 3 is 2.60 bits per heavy atom. The van der Waals surface area contributed by atoms with Crippen LogP contribution in [0, 0.1) is 0 Å². The van der Waals surface area contributed by atoms with Crippen molar-refractivity contribution in [1.29, 1.82) is 0 Å². The van der Waals surface area contributed by atoms with E-state index in [1.807, 2.05) is 0 Å². The third-order valence-corrected chi connectivity index (χ3v) is 2.24. The molecule has 1 N–H and O–H groups in total. The number of azide groups is 1. The van der Waals surface area contributed by atoms with E-state index in [4.69, 9.17) is 10.6 Å². The van der Waals surface area contributed by atoms with Crippen LogP contribution in [0.25, 0.3) is 10.4 Å². The number of rotatable bonds is 5. The zero-order chi connectivity index (χ0) is 11.4. The van der Waals surface area contributed by atoms with E-state index in [0.717, 1.165) is 12.8 Å². The van der Waals surface area contributed by atoms with Crippen LogP contribution in [0.4, 0.5) is 0 Å². The molecule has 7 nitrogen and oxygen atoms in total. The molecule has 1 fully saturated rings. The van der Waals surface area contributed by atoms with Gasteiger partial charge in [-0.2, -0.15) is 0 Å².